The summed E-state index contributed by atoms with van der Waals surface area (Å²) in [6.07, 6.45) is 3.10. The molecule has 1 N–H and O–H groups in total. The van der Waals surface area contributed by atoms with E-state index in [-0.39, 0.29) is 18.4 Å². The van der Waals surface area contributed by atoms with Crippen LogP contribution in [0.4, 0.5) is 5.69 Å². The molecule has 0 aromatic heterocycles. The number of ether oxygens (including phenoxy) is 4. The number of likely N-dealkylation sites (N-methyl/N-ethyl adjacent to an activating group) is 1. The van der Waals surface area contributed by atoms with Crippen LogP contribution in [0.2, 0.25) is 0 Å². The molecule has 0 fully saturated rings. The average molecular weight is 471 g/mol. The highest BCUT2D eigenvalue weighted by atomic mass is 16.5. The zero-order chi connectivity index (χ0) is 24.9. The first kappa shape index (κ1) is 26.6. The molecule has 0 aliphatic heterocycles. The molecule has 0 atom stereocenters. The maximum absolute atomic E-state index is 12.5. The second kappa shape index (κ2) is 13.8. The number of anilines is 1. The SMILES string of the molecule is CCOc1ccc(/C=C/C(=O)N(C)CC(=O)Nc2ccc(OCC)c(OCC)c2)cc1OCC. The molecule has 184 valence electrons. The van der Waals surface area contributed by atoms with Gasteiger partial charge in [-0.2, -0.15) is 0 Å². The number of carbonyl (C=O) groups excluding carboxylic acids is 2. The summed E-state index contributed by atoms with van der Waals surface area (Å²) in [7, 11) is 1.57. The molecule has 0 saturated carbocycles. The fourth-order valence-electron chi connectivity index (χ4n) is 3.09. The summed E-state index contributed by atoms with van der Waals surface area (Å²) in [5, 5.41) is 2.79. The molecule has 2 aromatic carbocycles. The second-order valence-electron chi connectivity index (χ2n) is 7.18. The van der Waals surface area contributed by atoms with Crippen LogP contribution in [-0.2, 0) is 9.59 Å². The summed E-state index contributed by atoms with van der Waals surface area (Å²) in [6.45, 7) is 9.48. The van der Waals surface area contributed by atoms with Gasteiger partial charge in [-0.15, -0.1) is 0 Å². The topological polar surface area (TPSA) is 86.3 Å². The van der Waals surface area contributed by atoms with Crippen LogP contribution in [0.3, 0.4) is 0 Å². The molecule has 34 heavy (non-hydrogen) atoms. The molecule has 0 spiro atoms. The van der Waals surface area contributed by atoms with Gasteiger partial charge < -0.3 is 29.2 Å². The molecule has 0 saturated heterocycles. The number of nitrogens with zero attached hydrogens (tertiary/aromatic N) is 1. The molecule has 8 heteroatoms. The van der Waals surface area contributed by atoms with Gasteiger partial charge in [-0.25, -0.2) is 0 Å². The lowest BCUT2D eigenvalue weighted by atomic mass is 10.2. The zero-order valence-electron chi connectivity index (χ0n) is 20.6. The van der Waals surface area contributed by atoms with E-state index in [1.807, 2.05) is 45.9 Å². The number of benzene rings is 2. The van der Waals surface area contributed by atoms with Gasteiger partial charge in [0.15, 0.2) is 23.0 Å². The lowest BCUT2D eigenvalue weighted by Gasteiger charge is -2.16. The van der Waals surface area contributed by atoms with Crippen molar-refractivity contribution in [2.75, 3.05) is 45.3 Å². The minimum atomic E-state index is -0.324. The third kappa shape index (κ3) is 8.03. The monoisotopic (exact) mass is 470 g/mol. The van der Waals surface area contributed by atoms with Crippen LogP contribution < -0.4 is 24.3 Å². The van der Waals surface area contributed by atoms with Crippen molar-refractivity contribution in [3.63, 3.8) is 0 Å². The molecule has 2 amide bonds. The Labute approximate surface area is 201 Å². The van der Waals surface area contributed by atoms with E-state index >= 15 is 0 Å². The van der Waals surface area contributed by atoms with Crippen LogP contribution in [0.5, 0.6) is 23.0 Å². The predicted molar refractivity (Wildman–Crippen MR) is 133 cm³/mol. The van der Waals surface area contributed by atoms with Gasteiger partial charge in [-0.05, 0) is 63.6 Å². The van der Waals surface area contributed by atoms with Gasteiger partial charge in [0.05, 0.1) is 33.0 Å². The molecule has 2 rings (SSSR count). The molecule has 0 bridgehead atoms. The number of carbonyl (C=O) groups is 2. The smallest absolute Gasteiger partial charge is 0.246 e. The summed E-state index contributed by atoms with van der Waals surface area (Å²) in [5.74, 6) is 1.81. The Balaban J connectivity index is 1.99. The maximum Gasteiger partial charge on any atom is 0.246 e. The van der Waals surface area contributed by atoms with Gasteiger partial charge in [0.1, 0.15) is 0 Å². The third-order valence-electron chi connectivity index (χ3n) is 4.57. The van der Waals surface area contributed by atoms with Crippen molar-refractivity contribution in [3.8, 4) is 23.0 Å². The van der Waals surface area contributed by atoms with Gasteiger partial charge in [0.2, 0.25) is 11.8 Å². The first-order chi connectivity index (χ1) is 16.4. The van der Waals surface area contributed by atoms with Gasteiger partial charge in [0, 0.05) is 24.9 Å². The minimum Gasteiger partial charge on any atom is -0.490 e. The van der Waals surface area contributed by atoms with Crippen molar-refractivity contribution < 1.29 is 28.5 Å². The fourth-order valence-corrected chi connectivity index (χ4v) is 3.09. The summed E-state index contributed by atoms with van der Waals surface area (Å²) >= 11 is 0. The third-order valence-corrected chi connectivity index (χ3v) is 4.57. The maximum atomic E-state index is 12.5. The van der Waals surface area contributed by atoms with E-state index in [0.717, 1.165) is 5.56 Å². The fraction of sp³-hybridized carbons (Fsp3) is 0.385. The number of hydrogen-bond donors (Lipinski definition) is 1. The van der Waals surface area contributed by atoms with E-state index < -0.39 is 0 Å². The molecule has 0 unspecified atom stereocenters. The Morgan fingerprint density at radius 3 is 1.91 bits per heavy atom. The number of nitrogens with one attached hydrogen (secondary N) is 1. The Bertz CT molecular complexity index is 989. The van der Waals surface area contributed by atoms with Crippen LogP contribution in [-0.4, -0.2) is 56.7 Å². The van der Waals surface area contributed by atoms with Gasteiger partial charge in [0.25, 0.3) is 0 Å². The molecule has 8 nitrogen and oxygen atoms in total. The minimum absolute atomic E-state index is 0.103. The summed E-state index contributed by atoms with van der Waals surface area (Å²) in [6, 6.07) is 10.6. The van der Waals surface area contributed by atoms with E-state index in [4.69, 9.17) is 18.9 Å². The number of amides is 2. The first-order valence-corrected chi connectivity index (χ1v) is 11.4. The normalized spacial score (nSPS) is 10.6. The summed E-state index contributed by atoms with van der Waals surface area (Å²) in [4.78, 5) is 26.3. The molecule has 0 aliphatic rings. The van der Waals surface area contributed by atoms with Crippen LogP contribution in [0.15, 0.2) is 42.5 Å². The summed E-state index contributed by atoms with van der Waals surface area (Å²) in [5.41, 5.74) is 1.35. The first-order valence-electron chi connectivity index (χ1n) is 11.4. The van der Waals surface area contributed by atoms with Crippen LogP contribution in [0, 0.1) is 0 Å². The predicted octanol–water partition coefficient (Wildman–Crippen LogP) is 4.39. The van der Waals surface area contributed by atoms with Crippen molar-refractivity contribution in [1.82, 2.24) is 4.90 Å². The Morgan fingerprint density at radius 2 is 1.32 bits per heavy atom. The molecule has 2 aromatic rings. The van der Waals surface area contributed by atoms with E-state index in [9.17, 15) is 9.59 Å². The molecule has 0 heterocycles. The zero-order valence-corrected chi connectivity index (χ0v) is 20.6. The highest BCUT2D eigenvalue weighted by Crippen LogP contribution is 2.31. The van der Waals surface area contributed by atoms with Crippen LogP contribution in [0.1, 0.15) is 33.3 Å². The standard InChI is InChI=1S/C26H34N2O6/c1-6-31-21-13-10-19(16-23(21)33-8-3)11-15-26(30)28(5)18-25(29)27-20-12-14-22(32-7-2)24(17-20)34-9-4/h10-17H,6-9,18H2,1-5H3,(H,27,29)/b15-11+. The highest BCUT2D eigenvalue weighted by Gasteiger charge is 2.13. The van der Waals surface area contributed by atoms with E-state index in [0.29, 0.717) is 55.1 Å². The van der Waals surface area contributed by atoms with E-state index in [2.05, 4.69) is 5.32 Å². The van der Waals surface area contributed by atoms with Gasteiger partial charge in [-0.1, -0.05) is 6.07 Å². The largest absolute Gasteiger partial charge is 0.490 e. The summed E-state index contributed by atoms with van der Waals surface area (Å²) < 4.78 is 22.3. The van der Waals surface area contributed by atoms with Gasteiger partial charge in [-0.3, -0.25) is 9.59 Å². The lowest BCUT2D eigenvalue weighted by Crippen LogP contribution is -2.33. The van der Waals surface area contributed by atoms with Gasteiger partial charge >= 0.3 is 0 Å². The Kier molecular flexibility index (Phi) is 10.8. The quantitative estimate of drug-likeness (QED) is 0.437. The molecular formula is C26H34N2O6. The Hall–Kier alpha value is -3.68. The van der Waals surface area contributed by atoms with Crippen molar-refractivity contribution in [3.05, 3.63) is 48.0 Å². The second-order valence-corrected chi connectivity index (χ2v) is 7.18. The molecule has 0 aliphatic carbocycles. The molecule has 0 radical (unpaired) electrons. The van der Waals surface area contributed by atoms with Crippen LogP contribution >= 0.6 is 0 Å². The van der Waals surface area contributed by atoms with Crippen molar-refractivity contribution in [2.45, 2.75) is 27.7 Å². The van der Waals surface area contributed by atoms with Crippen molar-refractivity contribution >= 4 is 23.6 Å². The molecular weight excluding hydrogens is 436 g/mol. The highest BCUT2D eigenvalue weighted by molar-refractivity contribution is 5.98. The number of rotatable bonds is 13. The lowest BCUT2D eigenvalue weighted by molar-refractivity contribution is -0.129. The Morgan fingerprint density at radius 1 is 0.794 bits per heavy atom. The van der Waals surface area contributed by atoms with Crippen molar-refractivity contribution in [1.29, 1.82) is 0 Å². The van der Waals surface area contributed by atoms with E-state index in [1.54, 1.807) is 31.3 Å². The average Bonchev–Trinajstić information content (AvgIpc) is 2.81. The van der Waals surface area contributed by atoms with E-state index in [1.165, 1.54) is 11.0 Å². The number of hydrogen-bond acceptors (Lipinski definition) is 6. The van der Waals surface area contributed by atoms with Crippen molar-refractivity contribution in [2.24, 2.45) is 0 Å². The van der Waals surface area contributed by atoms with Crippen LogP contribution in [0.25, 0.3) is 6.08 Å².